The predicted octanol–water partition coefficient (Wildman–Crippen LogP) is 6.12. The van der Waals surface area contributed by atoms with E-state index in [1.807, 2.05) is 49.4 Å². The summed E-state index contributed by atoms with van der Waals surface area (Å²) in [5.74, 6) is 0.224. The van der Waals surface area contributed by atoms with Crippen molar-refractivity contribution in [3.05, 3.63) is 98.4 Å². The molecule has 0 saturated heterocycles. The molecule has 6 nitrogen and oxygen atoms in total. The second-order valence-corrected chi connectivity index (χ2v) is 9.58. The zero-order valence-electron chi connectivity index (χ0n) is 18.2. The summed E-state index contributed by atoms with van der Waals surface area (Å²) in [6.07, 6.45) is 0. The Morgan fingerprint density at radius 2 is 1.94 bits per heavy atom. The number of carbonyl (C=O) groups is 1. The van der Waals surface area contributed by atoms with Gasteiger partial charge in [-0.15, -0.1) is 0 Å². The number of nitrogens with zero attached hydrogens (tertiary/aromatic N) is 2. The fourth-order valence-corrected chi connectivity index (χ4v) is 5.65. The van der Waals surface area contributed by atoms with Gasteiger partial charge in [0.25, 0.3) is 5.91 Å². The highest BCUT2D eigenvalue weighted by atomic mass is 35.5. The molecule has 0 spiro atoms. The zero-order valence-corrected chi connectivity index (χ0v) is 19.7. The second kappa shape index (κ2) is 7.68. The Balaban J connectivity index is 1.64. The number of ether oxygens (including phenoxy) is 1. The summed E-state index contributed by atoms with van der Waals surface area (Å²) in [5, 5.41) is 1.24. The van der Waals surface area contributed by atoms with Crippen molar-refractivity contribution < 1.29 is 13.9 Å². The summed E-state index contributed by atoms with van der Waals surface area (Å²) in [6.45, 7) is 2.01. The zero-order chi connectivity index (χ0) is 23.6. The molecule has 0 bridgehead atoms. The number of carbonyl (C=O) groups excluding carboxylic acids is 1. The maximum absolute atomic E-state index is 13.7. The molecule has 8 heteroatoms. The van der Waals surface area contributed by atoms with Crippen LogP contribution in [-0.4, -0.2) is 18.0 Å². The number of aromatic nitrogens is 1. The lowest BCUT2D eigenvalue weighted by atomic mass is 9.98. The number of thiazole rings is 1. The average Bonchev–Trinajstić information content (AvgIpc) is 3.38. The van der Waals surface area contributed by atoms with Crippen molar-refractivity contribution in [1.82, 2.24) is 4.98 Å². The highest BCUT2D eigenvalue weighted by Crippen LogP contribution is 2.44. The fourth-order valence-electron chi connectivity index (χ4n) is 4.39. The van der Waals surface area contributed by atoms with Crippen LogP contribution in [0.25, 0.3) is 21.2 Å². The van der Waals surface area contributed by atoms with E-state index in [-0.39, 0.29) is 16.8 Å². The van der Waals surface area contributed by atoms with Crippen LogP contribution in [0.2, 0.25) is 5.02 Å². The van der Waals surface area contributed by atoms with Crippen LogP contribution >= 0.6 is 22.9 Å². The minimum Gasteiger partial charge on any atom is -0.497 e. The van der Waals surface area contributed by atoms with Crippen LogP contribution in [-0.2, 0) is 0 Å². The average molecular weight is 489 g/mol. The largest absolute Gasteiger partial charge is 0.497 e. The van der Waals surface area contributed by atoms with Crippen LogP contribution in [0.1, 0.15) is 33.3 Å². The van der Waals surface area contributed by atoms with Gasteiger partial charge >= 0.3 is 0 Å². The first-order valence-corrected chi connectivity index (χ1v) is 11.7. The third-order valence-corrected chi connectivity index (χ3v) is 7.23. The molecule has 0 aliphatic carbocycles. The summed E-state index contributed by atoms with van der Waals surface area (Å²) in [5.41, 5.74) is 2.89. The van der Waals surface area contributed by atoms with Crippen molar-refractivity contribution in [3.8, 4) is 5.75 Å². The van der Waals surface area contributed by atoms with Crippen molar-refractivity contribution >= 4 is 55.2 Å². The molecular formula is C26H17ClN2O4S. The normalized spacial score (nSPS) is 15.3. The molecule has 2 aromatic heterocycles. The maximum Gasteiger partial charge on any atom is 0.297 e. The first-order chi connectivity index (χ1) is 16.4. The smallest absolute Gasteiger partial charge is 0.297 e. The summed E-state index contributed by atoms with van der Waals surface area (Å²) in [7, 11) is 1.57. The van der Waals surface area contributed by atoms with Crippen molar-refractivity contribution in [2.24, 2.45) is 0 Å². The molecule has 6 rings (SSSR count). The Labute approximate surface area is 203 Å². The molecule has 5 aromatic rings. The number of halogens is 1. The minimum absolute atomic E-state index is 0.0167. The molecule has 1 atom stereocenters. The van der Waals surface area contributed by atoms with Gasteiger partial charge in [0.15, 0.2) is 10.6 Å². The van der Waals surface area contributed by atoms with Gasteiger partial charge in [0.1, 0.15) is 11.3 Å². The van der Waals surface area contributed by atoms with Gasteiger partial charge in [-0.05, 0) is 60.5 Å². The summed E-state index contributed by atoms with van der Waals surface area (Å²) in [6, 6.07) is 17.3. The first-order valence-electron chi connectivity index (χ1n) is 10.6. The van der Waals surface area contributed by atoms with E-state index in [0.717, 1.165) is 21.3 Å². The molecular weight excluding hydrogens is 472 g/mol. The number of anilines is 1. The van der Waals surface area contributed by atoms with E-state index in [1.165, 1.54) is 11.3 Å². The standard InChI is InChI=1S/C26H17ClN2O4S/c1-13-6-8-18-20(10-13)34-26(28-18)29-22(14-4-3-5-16(11-14)32-2)21-23(30)17-12-15(27)7-9-19(17)33-24(21)25(29)31/h3-12,22H,1-2H3/t22-/m0/s1. The number of methoxy groups -OCH3 is 1. The first kappa shape index (κ1) is 20.9. The Morgan fingerprint density at radius 1 is 1.09 bits per heavy atom. The molecule has 34 heavy (non-hydrogen) atoms. The second-order valence-electron chi connectivity index (χ2n) is 8.14. The number of hydrogen-bond acceptors (Lipinski definition) is 6. The van der Waals surface area contributed by atoms with Crippen LogP contribution < -0.4 is 15.1 Å². The predicted molar refractivity (Wildman–Crippen MR) is 133 cm³/mol. The van der Waals surface area contributed by atoms with Gasteiger partial charge in [-0.2, -0.15) is 0 Å². The molecule has 0 fully saturated rings. The number of hydrogen-bond donors (Lipinski definition) is 0. The minimum atomic E-state index is -0.723. The van der Waals surface area contributed by atoms with Gasteiger partial charge in [0.2, 0.25) is 5.76 Å². The number of aryl methyl sites for hydroxylation is 1. The van der Waals surface area contributed by atoms with Crippen molar-refractivity contribution in [2.45, 2.75) is 13.0 Å². The Kier molecular flexibility index (Phi) is 4.72. The molecule has 0 saturated carbocycles. The van der Waals surface area contributed by atoms with Crippen molar-refractivity contribution in [3.63, 3.8) is 0 Å². The van der Waals surface area contributed by atoms with Crippen LogP contribution in [0.3, 0.4) is 0 Å². The SMILES string of the molecule is COc1cccc([C@H]2c3c(oc4ccc(Cl)cc4c3=O)C(=O)N2c2nc3ccc(C)cc3s2)c1. The third-order valence-electron chi connectivity index (χ3n) is 5.98. The number of amides is 1. The summed E-state index contributed by atoms with van der Waals surface area (Å²) in [4.78, 5) is 33.7. The number of rotatable bonds is 3. The van der Waals surface area contributed by atoms with Gasteiger partial charge in [-0.1, -0.05) is 41.1 Å². The number of fused-ring (bicyclic) bond motifs is 3. The van der Waals surface area contributed by atoms with E-state index in [9.17, 15) is 9.59 Å². The highest BCUT2D eigenvalue weighted by Gasteiger charge is 2.45. The van der Waals surface area contributed by atoms with E-state index >= 15 is 0 Å². The number of benzene rings is 3. The molecule has 0 unspecified atom stereocenters. The lowest BCUT2D eigenvalue weighted by Crippen LogP contribution is -2.29. The van der Waals surface area contributed by atoms with Crippen molar-refractivity contribution in [1.29, 1.82) is 0 Å². The lowest BCUT2D eigenvalue weighted by Gasteiger charge is -2.22. The van der Waals surface area contributed by atoms with Crippen LogP contribution in [0.4, 0.5) is 5.13 Å². The van der Waals surface area contributed by atoms with E-state index in [1.54, 1.807) is 30.2 Å². The van der Waals surface area contributed by atoms with E-state index in [0.29, 0.717) is 26.9 Å². The monoisotopic (exact) mass is 488 g/mol. The quantitative estimate of drug-likeness (QED) is 0.306. The van der Waals surface area contributed by atoms with Crippen molar-refractivity contribution in [2.75, 3.05) is 12.0 Å². The van der Waals surface area contributed by atoms with E-state index in [2.05, 4.69) is 0 Å². The highest BCUT2D eigenvalue weighted by molar-refractivity contribution is 7.22. The molecule has 0 radical (unpaired) electrons. The Morgan fingerprint density at radius 3 is 2.76 bits per heavy atom. The van der Waals surface area contributed by atoms with Crippen LogP contribution in [0.15, 0.2) is 69.9 Å². The summed E-state index contributed by atoms with van der Waals surface area (Å²) >= 11 is 7.56. The molecule has 1 aliphatic rings. The van der Waals surface area contributed by atoms with Gasteiger partial charge in [-0.25, -0.2) is 4.98 Å². The van der Waals surface area contributed by atoms with Gasteiger partial charge in [0.05, 0.1) is 34.3 Å². The van der Waals surface area contributed by atoms with Crippen LogP contribution in [0, 0.1) is 6.92 Å². The van der Waals surface area contributed by atoms with Gasteiger partial charge in [0, 0.05) is 5.02 Å². The van der Waals surface area contributed by atoms with Crippen LogP contribution in [0.5, 0.6) is 5.75 Å². The Hall–Kier alpha value is -3.68. The Bertz CT molecular complexity index is 1690. The van der Waals surface area contributed by atoms with Gasteiger partial charge in [-0.3, -0.25) is 14.5 Å². The van der Waals surface area contributed by atoms with Gasteiger partial charge < -0.3 is 9.15 Å². The fraction of sp³-hybridized carbons (Fsp3) is 0.115. The maximum atomic E-state index is 13.7. The lowest BCUT2D eigenvalue weighted by molar-refractivity contribution is 0.0971. The summed E-state index contributed by atoms with van der Waals surface area (Å²) < 4.78 is 12.4. The molecule has 168 valence electrons. The van der Waals surface area contributed by atoms with E-state index in [4.69, 9.17) is 25.7 Å². The molecule has 3 aromatic carbocycles. The molecule has 1 aliphatic heterocycles. The van der Waals surface area contributed by atoms with E-state index < -0.39 is 11.9 Å². The third kappa shape index (κ3) is 3.12. The molecule has 1 amide bonds. The topological polar surface area (TPSA) is 72.6 Å². The molecule has 3 heterocycles. The molecule has 0 N–H and O–H groups in total.